The Labute approximate surface area is 194 Å². The summed E-state index contributed by atoms with van der Waals surface area (Å²) in [7, 11) is 0. The Bertz CT molecular complexity index is 1260. The summed E-state index contributed by atoms with van der Waals surface area (Å²) < 4.78 is 6.75. The summed E-state index contributed by atoms with van der Waals surface area (Å²) in [4.78, 5) is 0. The van der Waals surface area contributed by atoms with Crippen molar-refractivity contribution in [3.8, 4) is 17.3 Å². The molecule has 0 radical (unpaired) electrons. The van der Waals surface area contributed by atoms with Gasteiger partial charge in [0.1, 0.15) is 6.07 Å². The van der Waals surface area contributed by atoms with Gasteiger partial charge in [-0.25, -0.2) is 0 Å². The number of unbranched alkanes of at least 4 members (excludes halogenated alkanes) is 2. The summed E-state index contributed by atoms with van der Waals surface area (Å²) in [6.07, 6.45) is 6.73. The third-order valence-corrected chi connectivity index (χ3v) is 6.71. The van der Waals surface area contributed by atoms with Crippen molar-refractivity contribution in [2.24, 2.45) is 0 Å². The molecule has 0 bridgehead atoms. The molecule has 3 nitrogen and oxygen atoms in total. The standard InChI is InChI=1S/C25H25Br2N3/c1-3-5-11-29-16-22(20-14-17(26)7-9-23(20)29)25-21(15-28)19-13-18(27)8-10-24(19)30(25)12-6-4-2/h7-10,13-14,16H,3-6,11-12H2,1-2H3. The van der Waals surface area contributed by atoms with E-state index in [2.05, 4.69) is 104 Å². The van der Waals surface area contributed by atoms with Crippen LogP contribution in [0.1, 0.15) is 45.1 Å². The average molecular weight is 527 g/mol. The number of rotatable bonds is 7. The molecule has 0 atom stereocenters. The van der Waals surface area contributed by atoms with E-state index in [1.807, 2.05) is 0 Å². The Kier molecular flexibility index (Phi) is 6.36. The molecule has 4 aromatic rings. The van der Waals surface area contributed by atoms with Crippen molar-refractivity contribution < 1.29 is 0 Å². The second-order valence-corrected chi connectivity index (χ2v) is 9.58. The summed E-state index contributed by atoms with van der Waals surface area (Å²) >= 11 is 7.25. The Morgan fingerprint density at radius 1 is 0.867 bits per heavy atom. The molecule has 0 spiro atoms. The highest BCUT2D eigenvalue weighted by atomic mass is 79.9. The van der Waals surface area contributed by atoms with Gasteiger partial charge in [0.25, 0.3) is 0 Å². The minimum atomic E-state index is 0.761. The van der Waals surface area contributed by atoms with E-state index >= 15 is 0 Å². The number of benzene rings is 2. The van der Waals surface area contributed by atoms with E-state index < -0.39 is 0 Å². The first-order valence-corrected chi connectivity index (χ1v) is 12.2. The fourth-order valence-electron chi connectivity index (χ4n) is 4.24. The smallest absolute Gasteiger partial charge is 0.102 e. The van der Waals surface area contributed by atoms with E-state index in [4.69, 9.17) is 0 Å². The molecular formula is C25H25Br2N3. The first kappa shape index (κ1) is 21.2. The molecule has 0 fully saturated rings. The van der Waals surface area contributed by atoms with E-state index in [-0.39, 0.29) is 0 Å². The highest BCUT2D eigenvalue weighted by molar-refractivity contribution is 9.10. The second kappa shape index (κ2) is 8.99. The summed E-state index contributed by atoms with van der Waals surface area (Å²) in [6, 6.07) is 15.3. The zero-order valence-corrected chi connectivity index (χ0v) is 20.6. The van der Waals surface area contributed by atoms with Crippen molar-refractivity contribution in [3.05, 3.63) is 57.1 Å². The van der Waals surface area contributed by atoms with Crippen LogP contribution in [0.4, 0.5) is 0 Å². The SMILES string of the molecule is CCCCn1cc(-c2c(C#N)c3cc(Br)ccc3n2CCCC)c2cc(Br)ccc21. The second-order valence-electron chi connectivity index (χ2n) is 7.75. The molecule has 5 heteroatoms. The molecule has 0 aliphatic carbocycles. The van der Waals surface area contributed by atoms with Crippen LogP contribution in [0.5, 0.6) is 0 Å². The maximum Gasteiger partial charge on any atom is 0.102 e. The molecule has 0 saturated heterocycles. The fourth-order valence-corrected chi connectivity index (χ4v) is 4.96. The topological polar surface area (TPSA) is 33.6 Å². The Morgan fingerprint density at radius 2 is 1.50 bits per heavy atom. The summed E-state index contributed by atoms with van der Waals surface area (Å²) in [5.41, 5.74) is 5.29. The van der Waals surface area contributed by atoms with Crippen LogP contribution in [0.2, 0.25) is 0 Å². The summed E-state index contributed by atoms with van der Waals surface area (Å²) in [5.74, 6) is 0. The summed E-state index contributed by atoms with van der Waals surface area (Å²) in [5, 5.41) is 12.4. The van der Waals surface area contributed by atoms with Gasteiger partial charge in [0.2, 0.25) is 0 Å². The zero-order chi connectivity index (χ0) is 21.3. The largest absolute Gasteiger partial charge is 0.347 e. The maximum absolute atomic E-state index is 10.2. The van der Waals surface area contributed by atoms with Crippen molar-refractivity contribution >= 4 is 53.7 Å². The van der Waals surface area contributed by atoms with Gasteiger partial charge >= 0.3 is 0 Å². The third kappa shape index (κ3) is 3.72. The van der Waals surface area contributed by atoms with E-state index in [9.17, 15) is 5.26 Å². The lowest BCUT2D eigenvalue weighted by Crippen LogP contribution is -2.00. The molecule has 0 unspecified atom stereocenters. The lowest BCUT2D eigenvalue weighted by molar-refractivity contribution is 0.647. The molecule has 154 valence electrons. The van der Waals surface area contributed by atoms with Gasteiger partial charge in [-0.15, -0.1) is 0 Å². The van der Waals surface area contributed by atoms with Gasteiger partial charge in [-0.2, -0.15) is 5.26 Å². The number of hydrogen-bond donors (Lipinski definition) is 0. The minimum Gasteiger partial charge on any atom is -0.347 e. The number of aryl methyl sites for hydroxylation is 2. The van der Waals surface area contributed by atoms with Crippen LogP contribution in [-0.2, 0) is 13.1 Å². The van der Waals surface area contributed by atoms with Gasteiger partial charge in [0.15, 0.2) is 0 Å². The normalized spacial score (nSPS) is 11.4. The number of hydrogen-bond acceptors (Lipinski definition) is 1. The Morgan fingerprint density at radius 3 is 2.17 bits per heavy atom. The third-order valence-electron chi connectivity index (χ3n) is 5.72. The zero-order valence-electron chi connectivity index (χ0n) is 17.4. The van der Waals surface area contributed by atoms with Crippen LogP contribution in [-0.4, -0.2) is 9.13 Å². The average Bonchev–Trinajstić information content (AvgIpc) is 3.24. The number of aromatic nitrogens is 2. The van der Waals surface area contributed by atoms with Crippen LogP contribution in [0, 0.1) is 11.3 Å². The van der Waals surface area contributed by atoms with Gasteiger partial charge in [-0.05, 0) is 49.2 Å². The molecule has 0 aliphatic rings. The molecule has 0 aliphatic heterocycles. The maximum atomic E-state index is 10.2. The van der Waals surface area contributed by atoms with Crippen LogP contribution < -0.4 is 0 Å². The highest BCUT2D eigenvalue weighted by Crippen LogP contribution is 2.40. The van der Waals surface area contributed by atoms with Gasteiger partial charge in [-0.1, -0.05) is 58.5 Å². The number of fused-ring (bicyclic) bond motifs is 2. The molecule has 2 aromatic carbocycles. The van der Waals surface area contributed by atoms with Crippen LogP contribution >= 0.6 is 31.9 Å². The van der Waals surface area contributed by atoms with Crippen molar-refractivity contribution in [2.75, 3.05) is 0 Å². The number of nitriles is 1. The molecule has 2 aromatic heterocycles. The molecule has 0 amide bonds. The lowest BCUT2D eigenvalue weighted by Gasteiger charge is -2.10. The van der Waals surface area contributed by atoms with Gasteiger partial charge < -0.3 is 9.13 Å². The lowest BCUT2D eigenvalue weighted by atomic mass is 10.1. The van der Waals surface area contributed by atoms with E-state index in [0.717, 1.165) is 75.4 Å². The van der Waals surface area contributed by atoms with Crippen LogP contribution in [0.3, 0.4) is 0 Å². The molecule has 0 saturated carbocycles. The quantitative estimate of drug-likeness (QED) is 0.238. The fraction of sp³-hybridized carbons (Fsp3) is 0.320. The van der Waals surface area contributed by atoms with E-state index in [0.29, 0.717) is 0 Å². The molecular weight excluding hydrogens is 502 g/mol. The number of halogens is 2. The van der Waals surface area contributed by atoms with E-state index in [1.54, 1.807) is 0 Å². The van der Waals surface area contributed by atoms with Gasteiger partial charge in [0, 0.05) is 55.6 Å². The van der Waals surface area contributed by atoms with Crippen molar-refractivity contribution in [1.82, 2.24) is 9.13 Å². The Balaban J connectivity index is 2.07. The highest BCUT2D eigenvalue weighted by Gasteiger charge is 2.22. The van der Waals surface area contributed by atoms with Crippen LogP contribution in [0.15, 0.2) is 51.5 Å². The Hall–Kier alpha value is -2.03. The first-order chi connectivity index (χ1) is 14.6. The molecule has 30 heavy (non-hydrogen) atoms. The van der Waals surface area contributed by atoms with Crippen molar-refractivity contribution in [1.29, 1.82) is 5.26 Å². The van der Waals surface area contributed by atoms with Crippen molar-refractivity contribution in [2.45, 2.75) is 52.6 Å². The predicted molar refractivity (Wildman–Crippen MR) is 133 cm³/mol. The molecule has 2 heterocycles. The molecule has 0 N–H and O–H groups in total. The number of nitrogens with zero attached hydrogens (tertiary/aromatic N) is 3. The first-order valence-electron chi connectivity index (χ1n) is 10.6. The van der Waals surface area contributed by atoms with Gasteiger partial charge in [-0.3, -0.25) is 0 Å². The van der Waals surface area contributed by atoms with Crippen LogP contribution in [0.25, 0.3) is 33.1 Å². The van der Waals surface area contributed by atoms with Crippen molar-refractivity contribution in [3.63, 3.8) is 0 Å². The van der Waals surface area contributed by atoms with Gasteiger partial charge in [0.05, 0.1) is 11.3 Å². The summed E-state index contributed by atoms with van der Waals surface area (Å²) in [6.45, 7) is 6.32. The minimum absolute atomic E-state index is 0.761. The molecule has 4 rings (SSSR count). The monoisotopic (exact) mass is 525 g/mol. The predicted octanol–water partition coefficient (Wildman–Crippen LogP) is 8.26. The van der Waals surface area contributed by atoms with E-state index in [1.165, 1.54) is 10.9 Å².